The highest BCUT2D eigenvalue weighted by Gasteiger charge is 2.31. The van der Waals surface area contributed by atoms with Gasteiger partial charge >= 0.3 is 0 Å². The van der Waals surface area contributed by atoms with E-state index >= 15 is 0 Å². The fourth-order valence-electron chi connectivity index (χ4n) is 2.81. The topological polar surface area (TPSA) is 58.4 Å². The number of carbonyl (C=O) groups is 1. The molecule has 1 aliphatic rings. The van der Waals surface area contributed by atoms with E-state index in [0.717, 1.165) is 18.8 Å². The average molecular weight is 321 g/mol. The summed E-state index contributed by atoms with van der Waals surface area (Å²) in [5, 5.41) is 2.80. The van der Waals surface area contributed by atoms with Crippen molar-refractivity contribution < 1.29 is 18.0 Å². The molecule has 2 aromatic rings. The number of furan rings is 1. The van der Waals surface area contributed by atoms with Crippen molar-refractivity contribution in [2.24, 2.45) is 0 Å². The van der Waals surface area contributed by atoms with Crippen LogP contribution in [0.25, 0.3) is 0 Å². The SMILES string of the molecule is O=C(NCc1ccco1)C1CCCN1Cc1c(F)cncc1F. The van der Waals surface area contributed by atoms with Crippen molar-refractivity contribution in [2.75, 3.05) is 6.54 Å². The number of hydrogen-bond donors (Lipinski definition) is 1. The summed E-state index contributed by atoms with van der Waals surface area (Å²) < 4.78 is 32.6. The van der Waals surface area contributed by atoms with Gasteiger partial charge in [0.1, 0.15) is 17.4 Å². The molecule has 1 N–H and O–H groups in total. The molecule has 1 saturated heterocycles. The van der Waals surface area contributed by atoms with Gasteiger partial charge in [-0.05, 0) is 31.5 Å². The third-order valence-corrected chi connectivity index (χ3v) is 4.00. The van der Waals surface area contributed by atoms with Crippen molar-refractivity contribution in [1.82, 2.24) is 15.2 Å². The first-order chi connectivity index (χ1) is 11.1. The molecule has 5 nitrogen and oxygen atoms in total. The quantitative estimate of drug-likeness (QED) is 0.917. The summed E-state index contributed by atoms with van der Waals surface area (Å²) in [5.41, 5.74) is -0.0502. The Labute approximate surface area is 132 Å². The van der Waals surface area contributed by atoms with Gasteiger partial charge in [0, 0.05) is 12.1 Å². The Bertz CT molecular complexity index is 656. The number of nitrogens with zero attached hydrogens (tertiary/aromatic N) is 2. The number of aromatic nitrogens is 1. The first-order valence-corrected chi connectivity index (χ1v) is 7.47. The first-order valence-electron chi connectivity index (χ1n) is 7.47. The highest BCUT2D eigenvalue weighted by molar-refractivity contribution is 5.81. The van der Waals surface area contributed by atoms with Crippen LogP contribution >= 0.6 is 0 Å². The molecule has 0 bridgehead atoms. The number of amides is 1. The summed E-state index contributed by atoms with van der Waals surface area (Å²) in [5.74, 6) is -0.874. The van der Waals surface area contributed by atoms with Crippen LogP contribution in [0.1, 0.15) is 24.2 Å². The van der Waals surface area contributed by atoms with E-state index in [0.29, 0.717) is 25.3 Å². The number of rotatable bonds is 5. The smallest absolute Gasteiger partial charge is 0.237 e. The average Bonchev–Trinajstić information content (AvgIpc) is 3.20. The molecule has 1 fully saturated rings. The minimum absolute atomic E-state index is 0.0502. The second-order valence-corrected chi connectivity index (χ2v) is 5.51. The second-order valence-electron chi connectivity index (χ2n) is 5.51. The Morgan fingerprint density at radius 3 is 2.87 bits per heavy atom. The Morgan fingerprint density at radius 2 is 2.17 bits per heavy atom. The van der Waals surface area contributed by atoms with E-state index in [-0.39, 0.29) is 18.0 Å². The van der Waals surface area contributed by atoms with E-state index in [1.54, 1.807) is 23.3 Å². The molecule has 1 aliphatic heterocycles. The maximum Gasteiger partial charge on any atom is 0.237 e. The van der Waals surface area contributed by atoms with Gasteiger partial charge in [0.05, 0.1) is 31.2 Å². The van der Waals surface area contributed by atoms with Crippen LogP contribution in [0.3, 0.4) is 0 Å². The summed E-state index contributed by atoms with van der Waals surface area (Å²) in [6.45, 7) is 0.979. The fraction of sp³-hybridized carbons (Fsp3) is 0.375. The van der Waals surface area contributed by atoms with Crippen LogP contribution < -0.4 is 5.32 Å². The zero-order chi connectivity index (χ0) is 16.2. The highest BCUT2D eigenvalue weighted by atomic mass is 19.1. The van der Waals surface area contributed by atoms with E-state index in [1.807, 2.05) is 0 Å². The third kappa shape index (κ3) is 3.56. The maximum atomic E-state index is 13.7. The van der Waals surface area contributed by atoms with Gasteiger partial charge < -0.3 is 9.73 Å². The Balaban J connectivity index is 1.64. The second kappa shape index (κ2) is 6.87. The predicted octanol–water partition coefficient (Wildman–Crippen LogP) is 2.23. The standard InChI is InChI=1S/C16H17F2N3O2/c17-13-8-19-9-14(18)12(13)10-21-5-1-4-15(21)16(22)20-7-11-3-2-6-23-11/h2-3,6,8-9,15H,1,4-5,7,10H2,(H,20,22). The molecule has 1 unspecified atom stereocenters. The van der Waals surface area contributed by atoms with E-state index < -0.39 is 17.7 Å². The Hall–Kier alpha value is -2.28. The van der Waals surface area contributed by atoms with Gasteiger partial charge in [-0.25, -0.2) is 8.78 Å². The number of hydrogen-bond acceptors (Lipinski definition) is 4. The maximum absolute atomic E-state index is 13.7. The number of halogens is 2. The molecule has 3 heterocycles. The molecule has 23 heavy (non-hydrogen) atoms. The monoisotopic (exact) mass is 321 g/mol. The Morgan fingerprint density at radius 1 is 1.39 bits per heavy atom. The summed E-state index contributed by atoms with van der Waals surface area (Å²) in [4.78, 5) is 17.6. The molecule has 0 aromatic carbocycles. The van der Waals surface area contributed by atoms with Crippen molar-refractivity contribution in [3.8, 4) is 0 Å². The summed E-state index contributed by atoms with van der Waals surface area (Å²) in [7, 11) is 0. The van der Waals surface area contributed by atoms with Gasteiger partial charge in [0.2, 0.25) is 5.91 Å². The van der Waals surface area contributed by atoms with Gasteiger partial charge in [-0.15, -0.1) is 0 Å². The van der Waals surface area contributed by atoms with E-state index in [1.165, 1.54) is 0 Å². The van der Waals surface area contributed by atoms with Crippen molar-refractivity contribution in [3.05, 3.63) is 53.7 Å². The zero-order valence-electron chi connectivity index (χ0n) is 12.5. The number of carbonyl (C=O) groups excluding carboxylic acids is 1. The van der Waals surface area contributed by atoms with Crippen molar-refractivity contribution in [2.45, 2.75) is 32.0 Å². The minimum atomic E-state index is -0.688. The lowest BCUT2D eigenvalue weighted by Crippen LogP contribution is -2.42. The molecule has 122 valence electrons. The van der Waals surface area contributed by atoms with Crippen molar-refractivity contribution in [1.29, 1.82) is 0 Å². The van der Waals surface area contributed by atoms with Crippen LogP contribution in [-0.4, -0.2) is 28.4 Å². The van der Waals surface area contributed by atoms with Crippen LogP contribution in [0.2, 0.25) is 0 Å². The molecule has 7 heteroatoms. The highest BCUT2D eigenvalue weighted by Crippen LogP contribution is 2.22. The zero-order valence-corrected chi connectivity index (χ0v) is 12.5. The normalized spacial score (nSPS) is 18.3. The van der Waals surface area contributed by atoms with E-state index in [9.17, 15) is 13.6 Å². The van der Waals surface area contributed by atoms with Crippen LogP contribution in [-0.2, 0) is 17.9 Å². The van der Waals surface area contributed by atoms with Crippen LogP contribution in [0.4, 0.5) is 8.78 Å². The molecule has 3 rings (SSSR count). The molecule has 2 aromatic heterocycles. The summed E-state index contributed by atoms with van der Waals surface area (Å²) >= 11 is 0. The van der Waals surface area contributed by atoms with Crippen LogP contribution in [0.15, 0.2) is 35.2 Å². The lowest BCUT2D eigenvalue weighted by atomic mass is 10.1. The van der Waals surface area contributed by atoms with Crippen molar-refractivity contribution >= 4 is 5.91 Å². The molecule has 1 amide bonds. The van der Waals surface area contributed by atoms with Gasteiger partial charge in [-0.2, -0.15) is 0 Å². The fourth-order valence-corrected chi connectivity index (χ4v) is 2.81. The third-order valence-electron chi connectivity index (χ3n) is 4.00. The van der Waals surface area contributed by atoms with Gasteiger partial charge in [0.15, 0.2) is 0 Å². The predicted molar refractivity (Wildman–Crippen MR) is 78.1 cm³/mol. The van der Waals surface area contributed by atoms with Crippen molar-refractivity contribution in [3.63, 3.8) is 0 Å². The number of nitrogens with one attached hydrogen (secondary N) is 1. The summed E-state index contributed by atoms with van der Waals surface area (Å²) in [6, 6.07) is 3.13. The number of pyridine rings is 1. The van der Waals surface area contributed by atoms with E-state index in [4.69, 9.17) is 4.42 Å². The van der Waals surface area contributed by atoms with Gasteiger partial charge in [-0.3, -0.25) is 14.7 Å². The molecule has 0 aliphatic carbocycles. The molecule has 0 radical (unpaired) electrons. The molecule has 0 spiro atoms. The minimum Gasteiger partial charge on any atom is -0.467 e. The number of likely N-dealkylation sites (tertiary alicyclic amines) is 1. The summed E-state index contributed by atoms with van der Waals surface area (Å²) in [6.07, 6.45) is 4.99. The van der Waals surface area contributed by atoms with E-state index in [2.05, 4.69) is 10.3 Å². The lowest BCUT2D eigenvalue weighted by Gasteiger charge is -2.23. The van der Waals surface area contributed by atoms with Gasteiger partial charge in [0.25, 0.3) is 0 Å². The molecule has 0 saturated carbocycles. The first kappa shape index (κ1) is 15.6. The lowest BCUT2D eigenvalue weighted by molar-refractivity contribution is -0.125. The largest absolute Gasteiger partial charge is 0.467 e. The van der Waals surface area contributed by atoms with Crippen LogP contribution in [0, 0.1) is 11.6 Å². The molecular formula is C16H17F2N3O2. The molecular weight excluding hydrogens is 304 g/mol. The molecule has 1 atom stereocenters. The van der Waals surface area contributed by atoms with Crippen LogP contribution in [0.5, 0.6) is 0 Å². The van der Waals surface area contributed by atoms with Gasteiger partial charge in [-0.1, -0.05) is 0 Å². The Kier molecular flexibility index (Phi) is 4.66.